The molecule has 0 saturated carbocycles. The summed E-state index contributed by atoms with van der Waals surface area (Å²) in [6.07, 6.45) is 15.3. The molecule has 0 aliphatic heterocycles. The number of hydrogen-bond donors (Lipinski definition) is 1. The second-order valence-electron chi connectivity index (χ2n) is 4.09. The lowest BCUT2D eigenvalue weighted by molar-refractivity contribution is -0.131. The first-order valence-electron chi connectivity index (χ1n) is 6.65. The van der Waals surface area contributed by atoms with Crippen LogP contribution in [0.3, 0.4) is 0 Å². The van der Waals surface area contributed by atoms with E-state index in [0.29, 0.717) is 0 Å². The smallest absolute Gasteiger partial charge is 0.327 e. The van der Waals surface area contributed by atoms with Gasteiger partial charge in [0.25, 0.3) is 0 Å². The zero-order chi connectivity index (χ0) is 13.4. The highest BCUT2D eigenvalue weighted by Gasteiger charge is 1.89. The summed E-state index contributed by atoms with van der Waals surface area (Å²) < 4.78 is 0. The van der Waals surface area contributed by atoms with Crippen LogP contribution in [0.25, 0.3) is 0 Å². The maximum atomic E-state index is 9.25. The van der Waals surface area contributed by atoms with Gasteiger partial charge in [-0.25, -0.2) is 4.79 Å². The number of rotatable bonds is 10. The molecule has 0 atom stereocenters. The Balaban J connectivity index is 0. The van der Waals surface area contributed by atoms with Crippen LogP contribution in [-0.2, 0) is 4.79 Å². The van der Waals surface area contributed by atoms with E-state index >= 15 is 0 Å². The van der Waals surface area contributed by atoms with Gasteiger partial charge in [-0.15, -0.1) is 6.58 Å². The topological polar surface area (TPSA) is 37.3 Å². The number of hydrogen-bond acceptors (Lipinski definition) is 1. The summed E-state index contributed by atoms with van der Waals surface area (Å²) in [5.74, 6) is -0.981. The SMILES string of the molecule is C=CC(=O)O.C=CCCCCCCCCCC. The first-order chi connectivity index (χ1) is 8.18. The van der Waals surface area contributed by atoms with Gasteiger partial charge in [0, 0.05) is 6.08 Å². The maximum Gasteiger partial charge on any atom is 0.327 e. The number of carboxylic acids is 1. The van der Waals surface area contributed by atoms with Crippen molar-refractivity contribution in [1.82, 2.24) is 0 Å². The van der Waals surface area contributed by atoms with Gasteiger partial charge in [-0.1, -0.05) is 64.5 Å². The van der Waals surface area contributed by atoms with E-state index in [0.717, 1.165) is 6.08 Å². The second kappa shape index (κ2) is 17.3. The van der Waals surface area contributed by atoms with E-state index in [-0.39, 0.29) is 0 Å². The number of carbonyl (C=O) groups is 1. The highest BCUT2D eigenvalue weighted by molar-refractivity contribution is 5.78. The first-order valence-corrected chi connectivity index (χ1v) is 6.65. The molecular formula is C15H28O2. The van der Waals surface area contributed by atoms with E-state index in [1.165, 1.54) is 57.8 Å². The molecule has 0 spiro atoms. The highest BCUT2D eigenvalue weighted by Crippen LogP contribution is 2.09. The summed E-state index contributed by atoms with van der Waals surface area (Å²) in [7, 11) is 0. The molecular weight excluding hydrogens is 212 g/mol. The third kappa shape index (κ3) is 25.3. The quantitative estimate of drug-likeness (QED) is 0.333. The van der Waals surface area contributed by atoms with Crippen molar-refractivity contribution in [2.45, 2.75) is 64.7 Å². The predicted molar refractivity (Wildman–Crippen MR) is 75.3 cm³/mol. The van der Waals surface area contributed by atoms with Crippen LogP contribution in [0.2, 0.25) is 0 Å². The van der Waals surface area contributed by atoms with E-state index in [4.69, 9.17) is 5.11 Å². The molecule has 0 fully saturated rings. The van der Waals surface area contributed by atoms with Gasteiger partial charge < -0.3 is 5.11 Å². The Labute approximate surface area is 106 Å². The molecule has 1 N–H and O–H groups in total. The van der Waals surface area contributed by atoms with Crippen LogP contribution >= 0.6 is 0 Å². The Hall–Kier alpha value is -1.05. The molecule has 0 bridgehead atoms. The lowest BCUT2D eigenvalue weighted by Crippen LogP contribution is -1.82. The van der Waals surface area contributed by atoms with E-state index in [9.17, 15) is 4.79 Å². The highest BCUT2D eigenvalue weighted by atomic mass is 16.4. The molecule has 0 radical (unpaired) electrons. The van der Waals surface area contributed by atoms with Crippen LogP contribution in [0.4, 0.5) is 0 Å². The van der Waals surface area contributed by atoms with Crippen LogP contribution in [0.15, 0.2) is 25.3 Å². The second-order valence-corrected chi connectivity index (χ2v) is 4.09. The van der Waals surface area contributed by atoms with E-state index in [2.05, 4.69) is 20.1 Å². The first kappa shape index (κ1) is 18.3. The summed E-state index contributed by atoms with van der Waals surface area (Å²) in [6.45, 7) is 8.95. The molecule has 0 aromatic heterocycles. The molecule has 2 nitrogen and oxygen atoms in total. The van der Waals surface area contributed by atoms with Crippen LogP contribution in [0.1, 0.15) is 64.7 Å². The Bertz CT molecular complexity index is 185. The van der Waals surface area contributed by atoms with Crippen molar-refractivity contribution in [3.8, 4) is 0 Å². The Kier molecular flexibility index (Phi) is 18.7. The molecule has 100 valence electrons. The number of unbranched alkanes of at least 4 members (excludes halogenated alkanes) is 8. The van der Waals surface area contributed by atoms with Crippen molar-refractivity contribution >= 4 is 5.97 Å². The zero-order valence-electron chi connectivity index (χ0n) is 11.3. The van der Waals surface area contributed by atoms with Crippen molar-refractivity contribution in [3.05, 3.63) is 25.3 Å². The molecule has 2 heteroatoms. The Morgan fingerprint density at radius 2 is 1.41 bits per heavy atom. The lowest BCUT2D eigenvalue weighted by Gasteiger charge is -1.99. The zero-order valence-corrected chi connectivity index (χ0v) is 11.3. The third-order valence-electron chi connectivity index (χ3n) is 2.44. The van der Waals surface area contributed by atoms with Gasteiger partial charge in [0.05, 0.1) is 0 Å². The Morgan fingerprint density at radius 1 is 1.00 bits per heavy atom. The molecule has 0 rings (SSSR count). The van der Waals surface area contributed by atoms with Crippen molar-refractivity contribution < 1.29 is 9.90 Å². The lowest BCUT2D eigenvalue weighted by atomic mass is 10.1. The molecule has 0 heterocycles. The van der Waals surface area contributed by atoms with E-state index in [1.54, 1.807) is 0 Å². The average Bonchev–Trinajstić information content (AvgIpc) is 2.33. The number of carboxylic acid groups (broad SMARTS) is 1. The molecule has 0 aromatic rings. The van der Waals surface area contributed by atoms with Crippen molar-refractivity contribution in [2.24, 2.45) is 0 Å². The van der Waals surface area contributed by atoms with Gasteiger partial charge in [-0.3, -0.25) is 0 Å². The fraction of sp³-hybridized carbons (Fsp3) is 0.667. The molecule has 0 saturated heterocycles. The van der Waals surface area contributed by atoms with E-state index < -0.39 is 5.97 Å². The number of allylic oxidation sites excluding steroid dienone is 1. The summed E-state index contributed by atoms with van der Waals surface area (Å²) in [5, 5.41) is 7.60. The fourth-order valence-corrected chi connectivity index (χ4v) is 1.42. The van der Waals surface area contributed by atoms with E-state index in [1.807, 2.05) is 6.08 Å². The Morgan fingerprint density at radius 3 is 1.76 bits per heavy atom. The van der Waals surface area contributed by atoms with Gasteiger partial charge in [0.2, 0.25) is 0 Å². The van der Waals surface area contributed by atoms with Crippen LogP contribution in [-0.4, -0.2) is 11.1 Å². The van der Waals surface area contributed by atoms with Crippen LogP contribution < -0.4 is 0 Å². The van der Waals surface area contributed by atoms with Gasteiger partial charge in [-0.05, 0) is 12.8 Å². The van der Waals surface area contributed by atoms with Crippen molar-refractivity contribution in [3.63, 3.8) is 0 Å². The molecule has 0 amide bonds. The maximum absolute atomic E-state index is 9.25. The van der Waals surface area contributed by atoms with Gasteiger partial charge in [-0.2, -0.15) is 0 Å². The summed E-state index contributed by atoms with van der Waals surface area (Å²) in [4.78, 5) is 9.25. The largest absolute Gasteiger partial charge is 0.478 e. The van der Waals surface area contributed by atoms with Crippen LogP contribution in [0, 0.1) is 0 Å². The standard InChI is InChI=1S/C12H24.C3H4O2/c1-3-5-7-9-11-12-10-8-6-4-2;1-2-3(4)5/h3H,1,4-12H2,2H3;2H,1H2,(H,4,5). The molecule has 0 unspecified atom stereocenters. The summed E-state index contributed by atoms with van der Waals surface area (Å²) in [5.41, 5.74) is 0. The minimum Gasteiger partial charge on any atom is -0.478 e. The van der Waals surface area contributed by atoms with Crippen molar-refractivity contribution in [1.29, 1.82) is 0 Å². The van der Waals surface area contributed by atoms with Crippen LogP contribution in [0.5, 0.6) is 0 Å². The van der Waals surface area contributed by atoms with Gasteiger partial charge in [0.1, 0.15) is 0 Å². The number of aliphatic carboxylic acids is 1. The molecule has 0 aliphatic rings. The monoisotopic (exact) mass is 240 g/mol. The molecule has 0 aromatic carbocycles. The fourth-order valence-electron chi connectivity index (χ4n) is 1.42. The predicted octanol–water partition coefficient (Wildman–Crippen LogP) is 4.96. The summed E-state index contributed by atoms with van der Waals surface area (Å²) in [6, 6.07) is 0. The van der Waals surface area contributed by atoms with Gasteiger partial charge >= 0.3 is 5.97 Å². The minimum absolute atomic E-state index is 0.833. The summed E-state index contributed by atoms with van der Waals surface area (Å²) >= 11 is 0. The molecule has 0 aliphatic carbocycles. The minimum atomic E-state index is -0.981. The normalized spacial score (nSPS) is 9.00. The third-order valence-corrected chi connectivity index (χ3v) is 2.44. The molecule has 17 heavy (non-hydrogen) atoms. The van der Waals surface area contributed by atoms with Gasteiger partial charge in [0.15, 0.2) is 0 Å². The average molecular weight is 240 g/mol. The van der Waals surface area contributed by atoms with Crippen molar-refractivity contribution in [2.75, 3.05) is 0 Å².